The normalized spacial score (nSPS) is 19.2. The molecule has 3 heteroatoms. The van der Waals surface area contributed by atoms with Crippen molar-refractivity contribution in [1.29, 1.82) is 0 Å². The Balaban J connectivity index is 2.03. The SMILES string of the molecule is CCc1cc(CC(=O)C2CCCNC2)ccc1OC. The third-order valence-electron chi connectivity index (χ3n) is 3.86. The number of rotatable bonds is 5. The van der Waals surface area contributed by atoms with Gasteiger partial charge in [-0.05, 0) is 43.0 Å². The largest absolute Gasteiger partial charge is 0.496 e. The first kappa shape index (κ1) is 14.1. The van der Waals surface area contributed by atoms with Gasteiger partial charge in [0.2, 0.25) is 0 Å². The minimum Gasteiger partial charge on any atom is -0.496 e. The molecule has 2 rings (SSSR count). The minimum atomic E-state index is 0.195. The third kappa shape index (κ3) is 3.57. The number of aryl methyl sites for hydroxylation is 1. The van der Waals surface area contributed by atoms with Gasteiger partial charge >= 0.3 is 0 Å². The number of carbonyl (C=O) groups excluding carboxylic acids is 1. The Hall–Kier alpha value is -1.35. The first-order valence-electron chi connectivity index (χ1n) is 7.13. The van der Waals surface area contributed by atoms with Gasteiger partial charge in [0.15, 0.2) is 0 Å². The Kier molecular flexibility index (Phi) is 4.97. The van der Waals surface area contributed by atoms with E-state index in [-0.39, 0.29) is 5.92 Å². The van der Waals surface area contributed by atoms with Crippen molar-refractivity contribution >= 4 is 5.78 Å². The van der Waals surface area contributed by atoms with E-state index in [0.717, 1.165) is 43.7 Å². The van der Waals surface area contributed by atoms with Gasteiger partial charge < -0.3 is 10.1 Å². The van der Waals surface area contributed by atoms with Crippen LogP contribution in [0, 0.1) is 5.92 Å². The second-order valence-corrected chi connectivity index (χ2v) is 5.19. The summed E-state index contributed by atoms with van der Waals surface area (Å²) in [6.45, 7) is 4.00. The summed E-state index contributed by atoms with van der Waals surface area (Å²) in [5, 5.41) is 3.30. The van der Waals surface area contributed by atoms with Crippen LogP contribution in [0.2, 0.25) is 0 Å². The molecule has 19 heavy (non-hydrogen) atoms. The number of methoxy groups -OCH3 is 1. The summed E-state index contributed by atoms with van der Waals surface area (Å²) in [4.78, 5) is 12.3. The molecule has 0 saturated carbocycles. The number of hydrogen-bond donors (Lipinski definition) is 1. The highest BCUT2D eigenvalue weighted by molar-refractivity contribution is 5.83. The van der Waals surface area contributed by atoms with E-state index in [9.17, 15) is 4.79 Å². The number of nitrogens with one attached hydrogen (secondary N) is 1. The number of Topliss-reactive ketones (excluding diaryl/α,β-unsaturated/α-hetero) is 1. The van der Waals surface area contributed by atoms with Gasteiger partial charge in [0.05, 0.1) is 7.11 Å². The lowest BCUT2D eigenvalue weighted by atomic mass is 9.91. The van der Waals surface area contributed by atoms with Crippen molar-refractivity contribution in [2.75, 3.05) is 20.2 Å². The molecule has 0 aliphatic carbocycles. The van der Waals surface area contributed by atoms with Crippen molar-refractivity contribution in [3.05, 3.63) is 29.3 Å². The van der Waals surface area contributed by atoms with Gasteiger partial charge in [0.25, 0.3) is 0 Å². The molecule has 1 atom stereocenters. The lowest BCUT2D eigenvalue weighted by molar-refractivity contribution is -0.122. The molecule has 1 aliphatic rings. The first-order chi connectivity index (χ1) is 9.24. The Morgan fingerprint density at radius 3 is 2.95 bits per heavy atom. The predicted molar refractivity (Wildman–Crippen MR) is 76.7 cm³/mol. The summed E-state index contributed by atoms with van der Waals surface area (Å²) in [6, 6.07) is 6.08. The smallest absolute Gasteiger partial charge is 0.141 e. The highest BCUT2D eigenvalue weighted by Crippen LogP contribution is 2.22. The van der Waals surface area contributed by atoms with Gasteiger partial charge in [0, 0.05) is 18.9 Å². The average molecular weight is 261 g/mol. The first-order valence-corrected chi connectivity index (χ1v) is 7.13. The van der Waals surface area contributed by atoms with E-state index in [1.807, 2.05) is 12.1 Å². The molecule has 1 aliphatic heterocycles. The lowest BCUT2D eigenvalue weighted by Crippen LogP contribution is -2.35. The molecule has 0 amide bonds. The van der Waals surface area contributed by atoms with Crippen molar-refractivity contribution in [3.63, 3.8) is 0 Å². The topological polar surface area (TPSA) is 38.3 Å². The summed E-state index contributed by atoms with van der Waals surface area (Å²) in [5.41, 5.74) is 2.28. The number of ether oxygens (including phenoxy) is 1. The summed E-state index contributed by atoms with van der Waals surface area (Å²) < 4.78 is 5.32. The molecule has 0 bridgehead atoms. The quantitative estimate of drug-likeness (QED) is 0.884. The van der Waals surface area contributed by atoms with Crippen LogP contribution >= 0.6 is 0 Å². The third-order valence-corrected chi connectivity index (χ3v) is 3.86. The summed E-state index contributed by atoms with van der Waals surface area (Å²) in [7, 11) is 1.69. The van der Waals surface area contributed by atoms with E-state index in [4.69, 9.17) is 4.74 Å². The van der Waals surface area contributed by atoms with Crippen LogP contribution in [0.1, 0.15) is 30.9 Å². The summed E-state index contributed by atoms with van der Waals surface area (Å²) in [5.74, 6) is 1.47. The van der Waals surface area contributed by atoms with Crippen molar-refractivity contribution in [2.24, 2.45) is 5.92 Å². The summed E-state index contributed by atoms with van der Waals surface area (Å²) >= 11 is 0. The van der Waals surface area contributed by atoms with E-state index in [1.165, 1.54) is 5.56 Å². The fourth-order valence-electron chi connectivity index (χ4n) is 2.69. The molecule has 1 heterocycles. The maximum atomic E-state index is 12.3. The van der Waals surface area contributed by atoms with Crippen LogP contribution in [0.25, 0.3) is 0 Å². The molecule has 3 nitrogen and oxygen atoms in total. The van der Waals surface area contributed by atoms with Crippen LogP contribution in [0.15, 0.2) is 18.2 Å². The van der Waals surface area contributed by atoms with Crippen molar-refractivity contribution in [1.82, 2.24) is 5.32 Å². The maximum absolute atomic E-state index is 12.3. The standard InChI is InChI=1S/C16H23NO2/c1-3-13-9-12(6-7-16(13)19-2)10-15(18)14-5-4-8-17-11-14/h6-7,9,14,17H,3-5,8,10-11H2,1-2H3. The molecule has 1 aromatic rings. The molecule has 1 fully saturated rings. The molecule has 0 aromatic heterocycles. The molecular weight excluding hydrogens is 238 g/mol. The molecule has 1 N–H and O–H groups in total. The number of piperidine rings is 1. The van der Waals surface area contributed by atoms with E-state index in [2.05, 4.69) is 18.3 Å². The number of hydrogen-bond acceptors (Lipinski definition) is 3. The molecular formula is C16H23NO2. The number of ketones is 1. The highest BCUT2D eigenvalue weighted by Gasteiger charge is 2.21. The van der Waals surface area contributed by atoms with E-state index in [0.29, 0.717) is 12.2 Å². The molecule has 1 unspecified atom stereocenters. The van der Waals surface area contributed by atoms with Crippen LogP contribution in [-0.4, -0.2) is 26.0 Å². The fourth-order valence-corrected chi connectivity index (χ4v) is 2.69. The van der Waals surface area contributed by atoms with Crippen LogP contribution in [0.4, 0.5) is 0 Å². The monoisotopic (exact) mass is 261 g/mol. The fraction of sp³-hybridized carbons (Fsp3) is 0.562. The van der Waals surface area contributed by atoms with Crippen LogP contribution in [-0.2, 0) is 17.6 Å². The van der Waals surface area contributed by atoms with E-state index >= 15 is 0 Å². The van der Waals surface area contributed by atoms with Crippen molar-refractivity contribution in [2.45, 2.75) is 32.6 Å². The molecule has 0 spiro atoms. The zero-order chi connectivity index (χ0) is 13.7. The average Bonchev–Trinajstić information content (AvgIpc) is 2.48. The minimum absolute atomic E-state index is 0.195. The highest BCUT2D eigenvalue weighted by atomic mass is 16.5. The van der Waals surface area contributed by atoms with Crippen LogP contribution in [0.3, 0.4) is 0 Å². The Morgan fingerprint density at radius 2 is 2.32 bits per heavy atom. The zero-order valence-corrected chi connectivity index (χ0v) is 11.9. The second-order valence-electron chi connectivity index (χ2n) is 5.19. The number of carbonyl (C=O) groups is 1. The van der Waals surface area contributed by atoms with Gasteiger partial charge in [-0.3, -0.25) is 4.79 Å². The van der Waals surface area contributed by atoms with Gasteiger partial charge in [-0.2, -0.15) is 0 Å². The van der Waals surface area contributed by atoms with Crippen molar-refractivity contribution < 1.29 is 9.53 Å². The molecule has 1 aromatic carbocycles. The van der Waals surface area contributed by atoms with E-state index in [1.54, 1.807) is 7.11 Å². The van der Waals surface area contributed by atoms with Crippen LogP contribution in [0.5, 0.6) is 5.75 Å². The molecule has 1 saturated heterocycles. The molecule has 0 radical (unpaired) electrons. The van der Waals surface area contributed by atoms with Gasteiger partial charge in [-0.1, -0.05) is 19.1 Å². The lowest BCUT2D eigenvalue weighted by Gasteiger charge is -2.21. The van der Waals surface area contributed by atoms with Gasteiger partial charge in [-0.25, -0.2) is 0 Å². The Labute approximate surface area is 115 Å². The van der Waals surface area contributed by atoms with Crippen molar-refractivity contribution in [3.8, 4) is 5.75 Å². The van der Waals surface area contributed by atoms with Crippen LogP contribution < -0.4 is 10.1 Å². The number of benzene rings is 1. The Bertz CT molecular complexity index is 436. The second kappa shape index (κ2) is 6.71. The van der Waals surface area contributed by atoms with Gasteiger partial charge in [-0.15, -0.1) is 0 Å². The van der Waals surface area contributed by atoms with Gasteiger partial charge in [0.1, 0.15) is 11.5 Å². The predicted octanol–water partition coefficient (Wildman–Crippen LogP) is 2.37. The Morgan fingerprint density at radius 1 is 1.47 bits per heavy atom. The molecule has 104 valence electrons. The summed E-state index contributed by atoms with van der Waals surface area (Å²) in [6.07, 6.45) is 3.61. The maximum Gasteiger partial charge on any atom is 0.141 e. The zero-order valence-electron chi connectivity index (χ0n) is 11.9. The van der Waals surface area contributed by atoms with E-state index < -0.39 is 0 Å².